The second kappa shape index (κ2) is 6.32. The Labute approximate surface area is 140 Å². The van der Waals surface area contributed by atoms with Gasteiger partial charge in [0.05, 0.1) is 5.69 Å². The summed E-state index contributed by atoms with van der Waals surface area (Å²) in [5, 5.41) is 10.2. The van der Waals surface area contributed by atoms with E-state index in [1.807, 2.05) is 30.3 Å². The van der Waals surface area contributed by atoms with Crippen LogP contribution in [0.15, 0.2) is 60.7 Å². The first kappa shape index (κ1) is 14.7. The van der Waals surface area contributed by atoms with Crippen LogP contribution in [0.4, 0.5) is 0 Å². The molecule has 4 rings (SSSR count). The summed E-state index contributed by atoms with van der Waals surface area (Å²) in [6.07, 6.45) is 2.88. The zero-order valence-corrected chi connectivity index (χ0v) is 13.3. The quantitative estimate of drug-likeness (QED) is 0.778. The topological polar surface area (TPSA) is 57.8 Å². The Morgan fingerprint density at radius 2 is 1.79 bits per heavy atom. The van der Waals surface area contributed by atoms with Gasteiger partial charge in [-0.2, -0.15) is 5.10 Å². The minimum Gasteiger partial charge on any atom is -0.348 e. The molecular weight excluding hydrogens is 298 g/mol. The number of fused-ring (bicyclic) bond motifs is 1. The number of hydrogen-bond donors (Lipinski definition) is 2. The molecule has 4 nitrogen and oxygen atoms in total. The lowest BCUT2D eigenvalue weighted by Gasteiger charge is -2.25. The maximum absolute atomic E-state index is 12.5. The van der Waals surface area contributed by atoms with Gasteiger partial charge in [-0.15, -0.1) is 0 Å². The van der Waals surface area contributed by atoms with Crippen molar-refractivity contribution in [1.82, 2.24) is 15.5 Å². The number of amides is 1. The highest BCUT2D eigenvalue weighted by Gasteiger charge is 2.21. The van der Waals surface area contributed by atoms with Gasteiger partial charge in [0.15, 0.2) is 0 Å². The van der Waals surface area contributed by atoms with Crippen molar-refractivity contribution in [3.63, 3.8) is 0 Å². The molecule has 0 radical (unpaired) electrons. The molecule has 0 saturated heterocycles. The van der Waals surface area contributed by atoms with E-state index in [0.717, 1.165) is 30.5 Å². The van der Waals surface area contributed by atoms with E-state index in [-0.39, 0.29) is 11.9 Å². The summed E-state index contributed by atoms with van der Waals surface area (Å²) in [6, 6.07) is 20.3. The number of aromatic amines is 1. The molecule has 0 fully saturated rings. The summed E-state index contributed by atoms with van der Waals surface area (Å²) in [5.74, 6) is -0.0888. The predicted molar refractivity (Wildman–Crippen MR) is 93.7 cm³/mol. The van der Waals surface area contributed by atoms with Gasteiger partial charge >= 0.3 is 0 Å². The number of H-pyrrole nitrogens is 1. The first-order valence-electron chi connectivity index (χ1n) is 8.28. The molecule has 4 heteroatoms. The van der Waals surface area contributed by atoms with Crippen molar-refractivity contribution in [3.05, 3.63) is 77.5 Å². The van der Waals surface area contributed by atoms with E-state index in [0.29, 0.717) is 5.69 Å². The van der Waals surface area contributed by atoms with Crippen molar-refractivity contribution in [1.29, 1.82) is 0 Å². The summed E-state index contributed by atoms with van der Waals surface area (Å²) in [5.41, 5.74) is 5.03. The van der Waals surface area contributed by atoms with E-state index in [4.69, 9.17) is 0 Å². The lowest BCUT2D eigenvalue weighted by molar-refractivity contribution is 0.0928. The van der Waals surface area contributed by atoms with E-state index in [1.54, 1.807) is 6.07 Å². The van der Waals surface area contributed by atoms with Crippen molar-refractivity contribution in [2.45, 2.75) is 25.3 Å². The van der Waals surface area contributed by atoms with Gasteiger partial charge in [0.1, 0.15) is 5.69 Å². The van der Waals surface area contributed by atoms with Crippen LogP contribution < -0.4 is 5.32 Å². The van der Waals surface area contributed by atoms with Gasteiger partial charge < -0.3 is 5.32 Å². The molecular formula is C20H19N3O. The van der Waals surface area contributed by atoms with Crippen molar-refractivity contribution in [3.8, 4) is 11.3 Å². The third kappa shape index (κ3) is 2.95. The molecule has 3 aromatic rings. The Bertz CT molecular complexity index is 854. The Morgan fingerprint density at radius 1 is 1.04 bits per heavy atom. The van der Waals surface area contributed by atoms with Crippen LogP contribution in [0.1, 0.15) is 28.0 Å². The zero-order chi connectivity index (χ0) is 16.4. The Balaban J connectivity index is 1.45. The normalized spacial score (nSPS) is 16.4. The number of aryl methyl sites for hydroxylation is 1. The fraction of sp³-hybridized carbons (Fsp3) is 0.200. The molecule has 0 spiro atoms. The van der Waals surface area contributed by atoms with E-state index >= 15 is 0 Å². The minimum absolute atomic E-state index is 0.0888. The standard InChI is InChI=1S/C20H19N3O/c24-20(19-13-18(22-23-19)15-7-2-1-3-8-15)21-17-11-10-14-6-4-5-9-16(14)12-17/h1-9,13,17H,10-12H2,(H,21,24)(H,22,23). The van der Waals surface area contributed by atoms with E-state index in [1.165, 1.54) is 11.1 Å². The molecule has 1 heterocycles. The molecule has 0 bridgehead atoms. The molecule has 120 valence electrons. The van der Waals surface area contributed by atoms with Crippen LogP contribution in [0.5, 0.6) is 0 Å². The van der Waals surface area contributed by atoms with Gasteiger partial charge in [-0.3, -0.25) is 9.89 Å². The van der Waals surface area contributed by atoms with Gasteiger partial charge in [0.25, 0.3) is 5.91 Å². The van der Waals surface area contributed by atoms with Crippen molar-refractivity contribution in [2.24, 2.45) is 0 Å². The Hall–Kier alpha value is -2.88. The monoisotopic (exact) mass is 317 g/mol. The molecule has 2 N–H and O–H groups in total. The smallest absolute Gasteiger partial charge is 0.269 e. The van der Waals surface area contributed by atoms with Crippen LogP contribution in [0.25, 0.3) is 11.3 Å². The number of carbonyl (C=O) groups excluding carboxylic acids is 1. The lowest BCUT2D eigenvalue weighted by atomic mass is 9.88. The highest BCUT2D eigenvalue weighted by Crippen LogP contribution is 2.22. The first-order chi connectivity index (χ1) is 11.8. The summed E-state index contributed by atoms with van der Waals surface area (Å²) >= 11 is 0. The fourth-order valence-corrected chi connectivity index (χ4v) is 3.28. The van der Waals surface area contributed by atoms with Crippen LogP contribution >= 0.6 is 0 Å². The number of aromatic nitrogens is 2. The van der Waals surface area contributed by atoms with Gasteiger partial charge in [-0.1, -0.05) is 54.6 Å². The Kier molecular flexibility index (Phi) is 3.87. The highest BCUT2D eigenvalue weighted by atomic mass is 16.2. The van der Waals surface area contributed by atoms with Crippen LogP contribution in [0.2, 0.25) is 0 Å². The number of benzene rings is 2. The van der Waals surface area contributed by atoms with Crippen molar-refractivity contribution in [2.75, 3.05) is 0 Å². The lowest BCUT2D eigenvalue weighted by Crippen LogP contribution is -2.39. The molecule has 24 heavy (non-hydrogen) atoms. The molecule has 1 aromatic heterocycles. The summed E-state index contributed by atoms with van der Waals surface area (Å²) in [7, 11) is 0. The number of carbonyl (C=O) groups is 1. The molecule has 0 saturated carbocycles. The summed E-state index contributed by atoms with van der Waals surface area (Å²) in [4.78, 5) is 12.5. The predicted octanol–water partition coefficient (Wildman–Crippen LogP) is 3.36. The summed E-state index contributed by atoms with van der Waals surface area (Å²) in [6.45, 7) is 0. The van der Waals surface area contributed by atoms with Gasteiger partial charge in [-0.25, -0.2) is 0 Å². The largest absolute Gasteiger partial charge is 0.348 e. The first-order valence-corrected chi connectivity index (χ1v) is 8.28. The second-order valence-electron chi connectivity index (χ2n) is 6.21. The molecule has 0 aliphatic heterocycles. The number of nitrogens with one attached hydrogen (secondary N) is 2. The second-order valence-corrected chi connectivity index (χ2v) is 6.21. The number of rotatable bonds is 3. The minimum atomic E-state index is -0.0888. The third-order valence-electron chi connectivity index (χ3n) is 4.57. The van der Waals surface area contributed by atoms with Crippen LogP contribution in [0, 0.1) is 0 Å². The van der Waals surface area contributed by atoms with E-state index in [9.17, 15) is 4.79 Å². The van der Waals surface area contributed by atoms with Crippen LogP contribution in [-0.4, -0.2) is 22.1 Å². The molecule has 1 amide bonds. The van der Waals surface area contributed by atoms with E-state index < -0.39 is 0 Å². The molecule has 1 atom stereocenters. The summed E-state index contributed by atoms with van der Waals surface area (Å²) < 4.78 is 0. The number of nitrogens with zero attached hydrogens (tertiary/aromatic N) is 1. The maximum Gasteiger partial charge on any atom is 0.269 e. The Morgan fingerprint density at radius 3 is 2.62 bits per heavy atom. The SMILES string of the molecule is O=C(NC1CCc2ccccc2C1)c1cc(-c2ccccc2)n[nH]1. The third-order valence-corrected chi connectivity index (χ3v) is 4.57. The molecule has 1 aliphatic rings. The number of hydrogen-bond acceptors (Lipinski definition) is 2. The average Bonchev–Trinajstić information content (AvgIpc) is 3.13. The van der Waals surface area contributed by atoms with E-state index in [2.05, 4.69) is 39.8 Å². The maximum atomic E-state index is 12.5. The molecule has 1 aliphatic carbocycles. The fourth-order valence-electron chi connectivity index (χ4n) is 3.28. The zero-order valence-electron chi connectivity index (χ0n) is 13.3. The van der Waals surface area contributed by atoms with Gasteiger partial charge in [0.2, 0.25) is 0 Å². The van der Waals surface area contributed by atoms with Crippen LogP contribution in [-0.2, 0) is 12.8 Å². The molecule has 1 unspecified atom stereocenters. The highest BCUT2D eigenvalue weighted by molar-refractivity contribution is 5.93. The van der Waals surface area contributed by atoms with Crippen molar-refractivity contribution >= 4 is 5.91 Å². The van der Waals surface area contributed by atoms with Crippen molar-refractivity contribution < 1.29 is 4.79 Å². The molecule has 2 aromatic carbocycles. The van der Waals surface area contributed by atoms with Gasteiger partial charge in [0, 0.05) is 11.6 Å². The van der Waals surface area contributed by atoms with Gasteiger partial charge in [-0.05, 0) is 36.5 Å². The average molecular weight is 317 g/mol. The van der Waals surface area contributed by atoms with Crippen LogP contribution in [0.3, 0.4) is 0 Å².